The second-order valence-electron chi connectivity index (χ2n) is 5.00. The van der Waals surface area contributed by atoms with Gasteiger partial charge in [-0.05, 0) is 37.8 Å². The molecule has 0 aromatic heterocycles. The molecule has 0 unspecified atom stereocenters. The molecule has 1 aromatic rings. The molecule has 0 saturated heterocycles. The van der Waals surface area contributed by atoms with E-state index in [1.165, 1.54) is 6.42 Å². The van der Waals surface area contributed by atoms with E-state index in [1.54, 1.807) is 14.2 Å². The summed E-state index contributed by atoms with van der Waals surface area (Å²) in [5, 5.41) is 9.70. The highest BCUT2D eigenvalue weighted by Gasteiger charge is 2.34. The van der Waals surface area contributed by atoms with Crippen LogP contribution in [0.15, 0.2) is 18.2 Å². The second kappa shape index (κ2) is 6.15. The minimum Gasteiger partial charge on any atom is -0.493 e. The molecule has 1 aliphatic rings. The quantitative estimate of drug-likeness (QED) is 0.890. The normalized spacial score (nSPS) is 17.8. The summed E-state index contributed by atoms with van der Waals surface area (Å²) in [6.07, 6.45) is 5.15. The summed E-state index contributed by atoms with van der Waals surface area (Å²) in [6.45, 7) is 0.0351. The Morgan fingerprint density at radius 1 is 1.05 bits per heavy atom. The Labute approximate surface area is 114 Å². The van der Waals surface area contributed by atoms with Gasteiger partial charge in [-0.15, -0.1) is 0 Å². The highest BCUT2D eigenvalue weighted by molar-refractivity contribution is 5.51. The van der Waals surface area contributed by atoms with Crippen LogP contribution in [0.2, 0.25) is 0 Å². The Morgan fingerprint density at radius 2 is 1.74 bits per heavy atom. The average Bonchev–Trinajstić information content (AvgIpc) is 2.48. The highest BCUT2D eigenvalue weighted by Crippen LogP contribution is 2.41. The van der Waals surface area contributed by atoms with Crippen LogP contribution in [0, 0.1) is 0 Å². The predicted octanol–water partition coefficient (Wildman–Crippen LogP) is 2.78. The average molecular weight is 266 g/mol. The van der Waals surface area contributed by atoms with Crippen LogP contribution in [0.4, 0.5) is 0 Å². The van der Waals surface area contributed by atoms with E-state index in [4.69, 9.17) is 14.2 Å². The topological polar surface area (TPSA) is 47.9 Å². The molecule has 0 heterocycles. The lowest BCUT2D eigenvalue weighted by molar-refractivity contribution is -0.0215. The summed E-state index contributed by atoms with van der Waals surface area (Å²) in [7, 11) is 3.20. The molecule has 106 valence electrons. The van der Waals surface area contributed by atoms with Crippen LogP contribution >= 0.6 is 0 Å². The van der Waals surface area contributed by atoms with E-state index in [-0.39, 0.29) is 6.61 Å². The van der Waals surface area contributed by atoms with Gasteiger partial charge >= 0.3 is 0 Å². The molecular weight excluding hydrogens is 244 g/mol. The maximum Gasteiger partial charge on any atom is 0.203 e. The number of hydrogen-bond acceptors (Lipinski definition) is 4. The van der Waals surface area contributed by atoms with E-state index in [1.807, 2.05) is 18.2 Å². The fraction of sp³-hybridized carbons (Fsp3) is 0.600. The van der Waals surface area contributed by atoms with Crippen molar-refractivity contribution in [2.24, 2.45) is 0 Å². The Kier molecular flexibility index (Phi) is 4.53. The minimum absolute atomic E-state index is 0.0351. The van der Waals surface area contributed by atoms with Crippen molar-refractivity contribution in [2.45, 2.75) is 37.7 Å². The van der Waals surface area contributed by atoms with Gasteiger partial charge in [0.05, 0.1) is 20.8 Å². The molecule has 2 rings (SSSR count). The van der Waals surface area contributed by atoms with Gasteiger partial charge in [0, 0.05) is 0 Å². The molecule has 19 heavy (non-hydrogen) atoms. The first-order chi connectivity index (χ1) is 9.24. The Bertz CT molecular complexity index is 411. The molecule has 4 heteroatoms. The van der Waals surface area contributed by atoms with E-state index < -0.39 is 5.60 Å². The van der Waals surface area contributed by atoms with Crippen molar-refractivity contribution in [3.63, 3.8) is 0 Å². The van der Waals surface area contributed by atoms with Gasteiger partial charge in [0.1, 0.15) is 5.60 Å². The Morgan fingerprint density at radius 3 is 2.32 bits per heavy atom. The predicted molar refractivity (Wildman–Crippen MR) is 73.1 cm³/mol. The lowest BCUT2D eigenvalue weighted by Crippen LogP contribution is -2.42. The third-order valence-electron chi connectivity index (χ3n) is 3.75. The van der Waals surface area contributed by atoms with Crippen molar-refractivity contribution < 1.29 is 19.3 Å². The number of ether oxygens (including phenoxy) is 3. The largest absolute Gasteiger partial charge is 0.493 e. The number of rotatable bonds is 5. The molecule has 4 nitrogen and oxygen atoms in total. The van der Waals surface area contributed by atoms with Crippen LogP contribution in [0.3, 0.4) is 0 Å². The summed E-state index contributed by atoms with van der Waals surface area (Å²) in [6, 6.07) is 5.55. The van der Waals surface area contributed by atoms with E-state index in [2.05, 4.69) is 0 Å². The molecule has 1 aliphatic carbocycles. The molecule has 0 aliphatic heterocycles. The van der Waals surface area contributed by atoms with Gasteiger partial charge < -0.3 is 19.3 Å². The third kappa shape index (κ3) is 2.95. The second-order valence-corrected chi connectivity index (χ2v) is 5.00. The van der Waals surface area contributed by atoms with Gasteiger partial charge in [-0.3, -0.25) is 0 Å². The van der Waals surface area contributed by atoms with Crippen LogP contribution in [0.1, 0.15) is 32.1 Å². The SMILES string of the molecule is COc1cccc(OC2(CO)CCCCC2)c1OC. The zero-order chi connectivity index (χ0) is 13.7. The van der Waals surface area contributed by atoms with Crippen LogP contribution in [0.5, 0.6) is 17.2 Å². The van der Waals surface area contributed by atoms with Gasteiger partial charge in [0.2, 0.25) is 5.75 Å². The first kappa shape index (κ1) is 14.0. The first-order valence-electron chi connectivity index (χ1n) is 6.75. The van der Waals surface area contributed by atoms with Crippen molar-refractivity contribution in [2.75, 3.05) is 20.8 Å². The molecule has 0 spiro atoms. The zero-order valence-corrected chi connectivity index (χ0v) is 11.6. The van der Waals surface area contributed by atoms with E-state index >= 15 is 0 Å². The lowest BCUT2D eigenvalue weighted by Gasteiger charge is -2.36. The monoisotopic (exact) mass is 266 g/mol. The molecular formula is C15H22O4. The van der Waals surface area contributed by atoms with Crippen molar-refractivity contribution in [3.05, 3.63) is 18.2 Å². The standard InChI is InChI=1S/C15H22O4/c1-17-12-7-6-8-13(14(12)18-2)19-15(11-16)9-4-3-5-10-15/h6-8,16H,3-5,9-11H2,1-2H3. The molecule has 1 aromatic carbocycles. The molecule has 1 fully saturated rings. The fourth-order valence-electron chi connectivity index (χ4n) is 2.66. The highest BCUT2D eigenvalue weighted by atomic mass is 16.5. The van der Waals surface area contributed by atoms with Crippen LogP contribution in [-0.2, 0) is 0 Å². The van der Waals surface area contributed by atoms with Crippen molar-refractivity contribution in [1.29, 1.82) is 0 Å². The summed E-state index contributed by atoms with van der Waals surface area (Å²) in [4.78, 5) is 0. The molecule has 0 bridgehead atoms. The Hall–Kier alpha value is -1.42. The van der Waals surface area contributed by atoms with Crippen LogP contribution in [-0.4, -0.2) is 31.5 Å². The summed E-state index contributed by atoms with van der Waals surface area (Å²) in [5.74, 6) is 1.87. The Balaban J connectivity index is 2.26. The van der Waals surface area contributed by atoms with Crippen molar-refractivity contribution >= 4 is 0 Å². The number of para-hydroxylation sites is 1. The van der Waals surface area contributed by atoms with Gasteiger partial charge in [0.15, 0.2) is 11.5 Å². The number of aliphatic hydroxyl groups is 1. The maximum absolute atomic E-state index is 9.70. The minimum atomic E-state index is -0.474. The number of benzene rings is 1. The summed E-state index contributed by atoms with van der Waals surface area (Å²) < 4.78 is 16.7. The van der Waals surface area contributed by atoms with Gasteiger partial charge in [-0.2, -0.15) is 0 Å². The summed E-state index contributed by atoms with van der Waals surface area (Å²) >= 11 is 0. The molecule has 1 N–H and O–H groups in total. The number of hydrogen-bond donors (Lipinski definition) is 1. The molecule has 1 saturated carbocycles. The van der Waals surface area contributed by atoms with Crippen molar-refractivity contribution in [3.8, 4) is 17.2 Å². The van der Waals surface area contributed by atoms with E-state index in [0.717, 1.165) is 25.7 Å². The third-order valence-corrected chi connectivity index (χ3v) is 3.75. The number of aliphatic hydroxyl groups excluding tert-OH is 1. The molecule has 0 atom stereocenters. The van der Waals surface area contributed by atoms with E-state index in [0.29, 0.717) is 17.2 Å². The van der Waals surface area contributed by atoms with Gasteiger partial charge in [-0.25, -0.2) is 0 Å². The lowest BCUT2D eigenvalue weighted by atomic mass is 9.85. The molecule has 0 amide bonds. The molecule has 0 radical (unpaired) electrons. The van der Waals surface area contributed by atoms with Crippen molar-refractivity contribution in [1.82, 2.24) is 0 Å². The van der Waals surface area contributed by atoms with Gasteiger partial charge in [-0.1, -0.05) is 12.5 Å². The summed E-state index contributed by atoms with van der Waals surface area (Å²) in [5.41, 5.74) is -0.474. The zero-order valence-electron chi connectivity index (χ0n) is 11.6. The van der Waals surface area contributed by atoms with Crippen LogP contribution in [0.25, 0.3) is 0 Å². The number of methoxy groups -OCH3 is 2. The maximum atomic E-state index is 9.70. The first-order valence-corrected chi connectivity index (χ1v) is 6.75. The smallest absolute Gasteiger partial charge is 0.203 e. The van der Waals surface area contributed by atoms with Crippen LogP contribution < -0.4 is 14.2 Å². The van der Waals surface area contributed by atoms with E-state index in [9.17, 15) is 5.11 Å². The van der Waals surface area contributed by atoms with Gasteiger partial charge in [0.25, 0.3) is 0 Å². The fourth-order valence-corrected chi connectivity index (χ4v) is 2.66.